The van der Waals surface area contributed by atoms with E-state index in [2.05, 4.69) is 4.89 Å². The van der Waals surface area contributed by atoms with E-state index in [0.717, 1.165) is 5.82 Å². The Bertz CT molecular complexity index is 254. The van der Waals surface area contributed by atoms with E-state index in [1.165, 1.54) is 7.05 Å². The Morgan fingerprint density at radius 1 is 1.70 bits per heavy atom. The predicted molar refractivity (Wildman–Crippen MR) is 40.9 cm³/mol. The van der Waals surface area contributed by atoms with Crippen molar-refractivity contribution >= 4 is 13.1 Å². The van der Waals surface area contributed by atoms with Gasteiger partial charge >= 0.3 is 59.3 Å². The number of nitrogens with zero attached hydrogens (tertiary/aromatic N) is 2. The third-order valence-corrected chi connectivity index (χ3v) is 1.32. The van der Waals surface area contributed by atoms with Crippen LogP contribution in [0.5, 0.6) is 5.78 Å². The maximum absolute atomic E-state index is 9.03. The standard InChI is InChI=1S/C6H9BN2O/c1-3-4-5-8-7-6(10)9(5)2/h3-4,10H,1-2H3/b4-3-. The molecule has 0 unspecified atom stereocenters. The summed E-state index contributed by atoms with van der Waals surface area (Å²) in [6, 6.07) is 0. The Labute approximate surface area is 60.3 Å². The van der Waals surface area contributed by atoms with Gasteiger partial charge in [-0.1, -0.05) is 0 Å². The molecule has 0 aliphatic rings. The molecule has 0 saturated heterocycles. The van der Waals surface area contributed by atoms with Crippen LogP contribution >= 0.6 is 0 Å². The molecule has 4 heteroatoms. The van der Waals surface area contributed by atoms with Gasteiger partial charge in [0.15, 0.2) is 0 Å². The van der Waals surface area contributed by atoms with Crippen molar-refractivity contribution in [2.24, 2.45) is 7.05 Å². The van der Waals surface area contributed by atoms with Gasteiger partial charge in [0.1, 0.15) is 0 Å². The van der Waals surface area contributed by atoms with Gasteiger partial charge in [-0.15, -0.1) is 0 Å². The molecule has 1 heterocycles. The maximum atomic E-state index is 9.03. The van der Waals surface area contributed by atoms with E-state index in [-0.39, 0.29) is 5.78 Å². The normalized spacial score (nSPS) is 10.6. The monoisotopic (exact) mass is 136 g/mol. The van der Waals surface area contributed by atoms with Crippen molar-refractivity contribution in [2.75, 3.05) is 0 Å². The van der Waals surface area contributed by atoms with Crippen molar-refractivity contribution < 1.29 is 5.11 Å². The summed E-state index contributed by atoms with van der Waals surface area (Å²) in [6.45, 7) is 1.91. The van der Waals surface area contributed by atoms with Gasteiger partial charge in [0.25, 0.3) is 0 Å². The Balaban J connectivity index is 3.05. The molecule has 52 valence electrons. The zero-order valence-electron chi connectivity index (χ0n) is 6.07. The van der Waals surface area contributed by atoms with Crippen LogP contribution < -0.4 is 0 Å². The summed E-state index contributed by atoms with van der Waals surface area (Å²) in [5, 5.41) is 9.03. The molecule has 1 aromatic rings. The van der Waals surface area contributed by atoms with Gasteiger partial charge in [-0.25, -0.2) is 0 Å². The zero-order chi connectivity index (χ0) is 7.56. The minimum absolute atomic E-state index is 0.188. The van der Waals surface area contributed by atoms with Crippen molar-refractivity contribution in [1.82, 2.24) is 9.46 Å². The van der Waals surface area contributed by atoms with Crippen LogP contribution in [0.2, 0.25) is 0 Å². The van der Waals surface area contributed by atoms with E-state index >= 15 is 0 Å². The Morgan fingerprint density at radius 2 is 2.40 bits per heavy atom. The topological polar surface area (TPSA) is 38.1 Å². The van der Waals surface area contributed by atoms with Crippen LogP contribution in [0.15, 0.2) is 6.08 Å². The van der Waals surface area contributed by atoms with Gasteiger partial charge in [0.05, 0.1) is 0 Å². The van der Waals surface area contributed by atoms with Crippen LogP contribution in [-0.2, 0) is 7.05 Å². The molecule has 0 radical (unpaired) electrons. The Morgan fingerprint density at radius 3 is 2.80 bits per heavy atom. The summed E-state index contributed by atoms with van der Waals surface area (Å²) in [6.07, 6.45) is 3.71. The molecule has 0 fully saturated rings. The quantitative estimate of drug-likeness (QED) is 0.610. The van der Waals surface area contributed by atoms with E-state index in [1.54, 1.807) is 11.6 Å². The fourth-order valence-corrected chi connectivity index (χ4v) is 0.718. The van der Waals surface area contributed by atoms with Crippen LogP contribution in [-0.4, -0.2) is 21.6 Å². The third-order valence-electron chi connectivity index (χ3n) is 1.32. The van der Waals surface area contributed by atoms with E-state index in [9.17, 15) is 0 Å². The van der Waals surface area contributed by atoms with Crippen molar-refractivity contribution in [3.63, 3.8) is 0 Å². The molecule has 1 N–H and O–H groups in total. The predicted octanol–water partition coefficient (Wildman–Crippen LogP) is 0.497. The molecule has 0 spiro atoms. The SMILES string of the molecule is C/C=C\c1nbc(O)n1C. The number of rotatable bonds is 1. The van der Waals surface area contributed by atoms with Crippen molar-refractivity contribution in [3.8, 4) is 5.78 Å². The van der Waals surface area contributed by atoms with Crippen molar-refractivity contribution in [1.29, 1.82) is 0 Å². The molecule has 0 saturated carbocycles. The molecular weight excluding hydrogens is 127 g/mol. The second-order valence-electron chi connectivity index (χ2n) is 2.03. The average Bonchev–Trinajstić information content (AvgIpc) is 2.20. The molecule has 10 heavy (non-hydrogen) atoms. The molecule has 1 rings (SSSR count). The van der Waals surface area contributed by atoms with Gasteiger partial charge < -0.3 is 0 Å². The number of aromatic nitrogens is 2. The van der Waals surface area contributed by atoms with E-state index in [1.807, 2.05) is 19.1 Å². The van der Waals surface area contributed by atoms with Crippen LogP contribution in [0.4, 0.5) is 0 Å². The summed E-state index contributed by atoms with van der Waals surface area (Å²) in [5.41, 5.74) is 0. The molecule has 0 aromatic carbocycles. The number of aromatic hydroxyl groups is 1. The minimum atomic E-state index is 0.188. The number of allylic oxidation sites excluding steroid dienone is 1. The molecule has 1 aromatic heterocycles. The second kappa shape index (κ2) is 2.69. The zero-order valence-corrected chi connectivity index (χ0v) is 6.07. The van der Waals surface area contributed by atoms with Crippen molar-refractivity contribution in [2.45, 2.75) is 6.92 Å². The summed E-state index contributed by atoms with van der Waals surface area (Å²) in [7, 11) is 3.19. The summed E-state index contributed by atoms with van der Waals surface area (Å²) in [4.78, 5) is 3.93. The first kappa shape index (κ1) is 7.06. The fourth-order valence-electron chi connectivity index (χ4n) is 0.718. The van der Waals surface area contributed by atoms with Crippen LogP contribution in [0.25, 0.3) is 6.08 Å². The summed E-state index contributed by atoms with van der Waals surface area (Å²) < 4.78 is 1.61. The number of hydrogen-bond acceptors (Lipinski definition) is 2. The van der Waals surface area contributed by atoms with Crippen LogP contribution in [0.1, 0.15) is 12.7 Å². The Kier molecular flexibility index (Phi) is 1.90. The third kappa shape index (κ3) is 1.10. The first-order valence-corrected chi connectivity index (χ1v) is 3.09. The number of hydrogen-bond donors (Lipinski definition) is 1. The molecular formula is C6H9BN2O. The molecule has 0 bridgehead atoms. The molecule has 0 atom stereocenters. The summed E-state index contributed by atoms with van der Waals surface area (Å²) in [5.74, 6) is 0.952. The van der Waals surface area contributed by atoms with Gasteiger partial charge in [0.2, 0.25) is 0 Å². The molecule has 0 aliphatic carbocycles. The first-order chi connectivity index (χ1) is 4.75. The van der Waals surface area contributed by atoms with E-state index in [4.69, 9.17) is 5.11 Å². The average molecular weight is 136 g/mol. The van der Waals surface area contributed by atoms with E-state index < -0.39 is 0 Å². The van der Waals surface area contributed by atoms with Crippen LogP contribution in [0.3, 0.4) is 0 Å². The van der Waals surface area contributed by atoms with Crippen LogP contribution in [0, 0.1) is 0 Å². The van der Waals surface area contributed by atoms with Gasteiger partial charge in [-0.05, 0) is 0 Å². The molecule has 0 amide bonds. The fraction of sp³-hybridized carbons (Fsp3) is 0.333. The van der Waals surface area contributed by atoms with Crippen molar-refractivity contribution in [3.05, 3.63) is 11.9 Å². The second-order valence-corrected chi connectivity index (χ2v) is 2.03. The molecule has 0 aliphatic heterocycles. The van der Waals surface area contributed by atoms with Gasteiger partial charge in [-0.3, -0.25) is 0 Å². The first-order valence-electron chi connectivity index (χ1n) is 3.09. The van der Waals surface area contributed by atoms with E-state index in [0.29, 0.717) is 0 Å². The summed E-state index contributed by atoms with van der Waals surface area (Å²) >= 11 is 0. The van der Waals surface area contributed by atoms with Gasteiger partial charge in [0, 0.05) is 0 Å². The molecule has 3 nitrogen and oxygen atoms in total. The Hall–Kier alpha value is -1.06. The van der Waals surface area contributed by atoms with Gasteiger partial charge in [-0.2, -0.15) is 0 Å².